The molecule has 0 saturated heterocycles. The Balaban J connectivity index is 2.06. The lowest BCUT2D eigenvalue weighted by molar-refractivity contribution is 0.986. The van der Waals surface area contributed by atoms with Gasteiger partial charge in [-0.3, -0.25) is 4.98 Å². The van der Waals surface area contributed by atoms with Gasteiger partial charge in [-0.05, 0) is 32.0 Å². The molecule has 21 heavy (non-hydrogen) atoms. The number of aromatic nitrogens is 2. The Morgan fingerprint density at radius 3 is 2.38 bits per heavy atom. The van der Waals surface area contributed by atoms with E-state index in [0.29, 0.717) is 6.54 Å². The smallest absolute Gasteiger partial charge is 0.124 e. The van der Waals surface area contributed by atoms with E-state index in [4.69, 9.17) is 10.7 Å². The molecule has 0 spiro atoms. The minimum Gasteiger partial charge on any atom is -0.330 e. The summed E-state index contributed by atoms with van der Waals surface area (Å²) in [5, 5.41) is 1.05. The SMILES string of the molecule is Cc1ccc(-c2nc(-c3ccncc3)c(CCN)s2)cc1. The summed E-state index contributed by atoms with van der Waals surface area (Å²) >= 11 is 1.73. The van der Waals surface area contributed by atoms with Crippen molar-refractivity contribution in [3.8, 4) is 21.8 Å². The number of rotatable bonds is 4. The molecule has 0 atom stereocenters. The summed E-state index contributed by atoms with van der Waals surface area (Å²) in [5.74, 6) is 0. The van der Waals surface area contributed by atoms with E-state index < -0.39 is 0 Å². The van der Waals surface area contributed by atoms with Crippen LogP contribution in [0.5, 0.6) is 0 Å². The highest BCUT2D eigenvalue weighted by Gasteiger charge is 2.13. The average molecular weight is 295 g/mol. The fraction of sp³-hybridized carbons (Fsp3) is 0.176. The van der Waals surface area contributed by atoms with Crippen molar-refractivity contribution >= 4 is 11.3 Å². The molecule has 1 aromatic carbocycles. The third-order valence-corrected chi connectivity index (χ3v) is 4.49. The van der Waals surface area contributed by atoms with Crippen molar-refractivity contribution in [3.63, 3.8) is 0 Å². The van der Waals surface area contributed by atoms with E-state index in [2.05, 4.69) is 36.2 Å². The molecule has 0 aliphatic heterocycles. The summed E-state index contributed by atoms with van der Waals surface area (Å²) in [6.07, 6.45) is 4.44. The van der Waals surface area contributed by atoms with Crippen molar-refractivity contribution in [2.24, 2.45) is 5.73 Å². The molecule has 2 N–H and O–H groups in total. The van der Waals surface area contributed by atoms with Crippen molar-refractivity contribution in [3.05, 3.63) is 59.2 Å². The Labute approximate surface area is 128 Å². The Hall–Kier alpha value is -2.04. The van der Waals surface area contributed by atoms with Gasteiger partial charge in [0.25, 0.3) is 0 Å². The van der Waals surface area contributed by atoms with Gasteiger partial charge in [-0.1, -0.05) is 29.8 Å². The maximum absolute atomic E-state index is 5.74. The van der Waals surface area contributed by atoms with Crippen LogP contribution in [0.1, 0.15) is 10.4 Å². The number of nitrogens with two attached hydrogens (primary N) is 1. The zero-order valence-electron chi connectivity index (χ0n) is 11.9. The number of benzene rings is 1. The van der Waals surface area contributed by atoms with E-state index in [9.17, 15) is 0 Å². The molecule has 2 heterocycles. The van der Waals surface area contributed by atoms with Crippen LogP contribution in [-0.4, -0.2) is 16.5 Å². The minimum atomic E-state index is 0.633. The van der Waals surface area contributed by atoms with E-state index in [1.165, 1.54) is 10.4 Å². The summed E-state index contributed by atoms with van der Waals surface area (Å²) in [6, 6.07) is 12.5. The molecule has 0 radical (unpaired) electrons. The van der Waals surface area contributed by atoms with Crippen LogP contribution in [0.3, 0.4) is 0 Å². The standard InChI is InChI=1S/C17H17N3S/c1-12-2-4-14(5-3-12)17-20-16(15(21-17)6-9-18)13-7-10-19-11-8-13/h2-5,7-8,10-11H,6,9,18H2,1H3. The first-order valence-electron chi connectivity index (χ1n) is 6.95. The average Bonchev–Trinajstić information content (AvgIpc) is 2.93. The Morgan fingerprint density at radius 1 is 1.00 bits per heavy atom. The highest BCUT2D eigenvalue weighted by Crippen LogP contribution is 2.33. The molecular formula is C17H17N3S. The molecule has 0 fully saturated rings. The normalized spacial score (nSPS) is 10.8. The zero-order chi connectivity index (χ0) is 14.7. The number of thiazole rings is 1. The Kier molecular flexibility index (Phi) is 4.08. The molecule has 2 aromatic heterocycles. The van der Waals surface area contributed by atoms with Gasteiger partial charge < -0.3 is 5.73 Å². The zero-order valence-corrected chi connectivity index (χ0v) is 12.7. The first kappa shape index (κ1) is 13.9. The molecule has 106 valence electrons. The van der Waals surface area contributed by atoms with Gasteiger partial charge in [0.1, 0.15) is 5.01 Å². The summed E-state index contributed by atoms with van der Waals surface area (Å²) in [7, 11) is 0. The fourth-order valence-corrected chi connectivity index (χ4v) is 3.31. The summed E-state index contributed by atoms with van der Waals surface area (Å²) in [6.45, 7) is 2.72. The molecule has 0 unspecified atom stereocenters. The molecule has 0 aliphatic carbocycles. The number of nitrogens with zero attached hydrogens (tertiary/aromatic N) is 2. The Morgan fingerprint density at radius 2 is 1.71 bits per heavy atom. The van der Waals surface area contributed by atoms with E-state index in [1.807, 2.05) is 12.1 Å². The fourth-order valence-electron chi connectivity index (χ4n) is 2.21. The molecule has 0 bridgehead atoms. The third-order valence-electron chi connectivity index (χ3n) is 3.32. The van der Waals surface area contributed by atoms with Crippen molar-refractivity contribution in [1.29, 1.82) is 0 Å². The second-order valence-corrected chi connectivity index (χ2v) is 6.02. The highest BCUT2D eigenvalue weighted by atomic mass is 32.1. The summed E-state index contributed by atoms with van der Waals surface area (Å²) in [5.41, 5.74) is 10.3. The van der Waals surface area contributed by atoms with Gasteiger partial charge in [0, 0.05) is 28.4 Å². The third kappa shape index (κ3) is 3.01. The van der Waals surface area contributed by atoms with Gasteiger partial charge in [0.2, 0.25) is 0 Å². The first-order chi connectivity index (χ1) is 10.3. The molecule has 0 amide bonds. The second kappa shape index (κ2) is 6.16. The van der Waals surface area contributed by atoms with E-state index in [-0.39, 0.29) is 0 Å². The summed E-state index contributed by atoms with van der Waals surface area (Å²) < 4.78 is 0. The molecule has 3 nitrogen and oxygen atoms in total. The topological polar surface area (TPSA) is 51.8 Å². The van der Waals surface area contributed by atoms with Crippen LogP contribution in [0.2, 0.25) is 0 Å². The predicted molar refractivity (Wildman–Crippen MR) is 88.3 cm³/mol. The van der Waals surface area contributed by atoms with Crippen LogP contribution in [0, 0.1) is 6.92 Å². The second-order valence-electron chi connectivity index (χ2n) is 4.93. The molecule has 3 rings (SSSR count). The first-order valence-corrected chi connectivity index (χ1v) is 7.77. The van der Waals surface area contributed by atoms with E-state index >= 15 is 0 Å². The van der Waals surface area contributed by atoms with Crippen molar-refractivity contribution in [2.45, 2.75) is 13.3 Å². The van der Waals surface area contributed by atoms with Gasteiger partial charge in [-0.15, -0.1) is 11.3 Å². The van der Waals surface area contributed by atoms with Gasteiger partial charge >= 0.3 is 0 Å². The number of hydrogen-bond donors (Lipinski definition) is 1. The number of hydrogen-bond acceptors (Lipinski definition) is 4. The van der Waals surface area contributed by atoms with Crippen molar-refractivity contribution in [2.75, 3.05) is 6.54 Å². The molecule has 0 aliphatic rings. The maximum atomic E-state index is 5.74. The molecule has 4 heteroatoms. The van der Waals surface area contributed by atoms with Crippen LogP contribution < -0.4 is 5.73 Å². The highest BCUT2D eigenvalue weighted by molar-refractivity contribution is 7.15. The van der Waals surface area contributed by atoms with Crippen LogP contribution in [0.25, 0.3) is 21.8 Å². The van der Waals surface area contributed by atoms with Crippen LogP contribution in [0.4, 0.5) is 0 Å². The molecular weight excluding hydrogens is 278 g/mol. The van der Waals surface area contributed by atoms with Crippen LogP contribution in [-0.2, 0) is 6.42 Å². The van der Waals surface area contributed by atoms with Gasteiger partial charge in [-0.25, -0.2) is 4.98 Å². The lowest BCUT2D eigenvalue weighted by Gasteiger charge is -1.99. The van der Waals surface area contributed by atoms with E-state index in [0.717, 1.165) is 28.2 Å². The minimum absolute atomic E-state index is 0.633. The Bertz CT molecular complexity index is 718. The largest absolute Gasteiger partial charge is 0.330 e. The van der Waals surface area contributed by atoms with Gasteiger partial charge in [0.05, 0.1) is 5.69 Å². The predicted octanol–water partition coefficient (Wildman–Crippen LogP) is 3.68. The molecule has 3 aromatic rings. The van der Waals surface area contributed by atoms with Crippen molar-refractivity contribution < 1.29 is 0 Å². The van der Waals surface area contributed by atoms with Crippen LogP contribution >= 0.6 is 11.3 Å². The molecule has 0 saturated carbocycles. The van der Waals surface area contributed by atoms with Gasteiger partial charge in [-0.2, -0.15) is 0 Å². The van der Waals surface area contributed by atoms with Crippen molar-refractivity contribution in [1.82, 2.24) is 9.97 Å². The summed E-state index contributed by atoms with van der Waals surface area (Å²) in [4.78, 5) is 10.1. The monoisotopic (exact) mass is 295 g/mol. The quantitative estimate of drug-likeness (QED) is 0.798. The van der Waals surface area contributed by atoms with E-state index in [1.54, 1.807) is 23.7 Å². The number of aryl methyl sites for hydroxylation is 1. The lowest BCUT2D eigenvalue weighted by Crippen LogP contribution is -2.02. The van der Waals surface area contributed by atoms with Crippen LogP contribution in [0.15, 0.2) is 48.8 Å². The lowest BCUT2D eigenvalue weighted by atomic mass is 10.1. The number of pyridine rings is 1. The van der Waals surface area contributed by atoms with Gasteiger partial charge in [0.15, 0.2) is 0 Å². The maximum Gasteiger partial charge on any atom is 0.124 e.